The molecule has 0 spiro atoms. The van der Waals surface area contributed by atoms with E-state index in [4.69, 9.17) is 4.74 Å². The Hall–Kier alpha value is -2.63. The van der Waals surface area contributed by atoms with Crippen molar-refractivity contribution in [3.8, 4) is 0 Å². The maximum Gasteiger partial charge on any atom is 0.328 e. The van der Waals surface area contributed by atoms with Crippen molar-refractivity contribution in [1.29, 1.82) is 0 Å². The highest BCUT2D eigenvalue weighted by molar-refractivity contribution is 6.00. The summed E-state index contributed by atoms with van der Waals surface area (Å²) in [5.41, 5.74) is 1.96. The first-order valence-corrected chi connectivity index (χ1v) is 9.24. The van der Waals surface area contributed by atoms with Crippen molar-refractivity contribution in [2.24, 2.45) is 0 Å². The van der Waals surface area contributed by atoms with Crippen molar-refractivity contribution in [3.05, 3.63) is 45.7 Å². The highest BCUT2D eigenvalue weighted by atomic mass is 16.5. The molecular weight excluding hydrogens is 332 g/mol. The highest BCUT2D eigenvalue weighted by Crippen LogP contribution is 2.25. The van der Waals surface area contributed by atoms with Gasteiger partial charge in [0.1, 0.15) is 11.6 Å². The molecule has 2 aliphatic rings. The largest absolute Gasteiger partial charge is 0.464 e. The van der Waals surface area contributed by atoms with Crippen LogP contribution in [0.25, 0.3) is 10.9 Å². The molecule has 3 heterocycles. The van der Waals surface area contributed by atoms with Gasteiger partial charge in [-0.25, -0.2) is 4.79 Å². The normalized spacial score (nSPS) is 19.0. The number of benzene rings is 1. The van der Waals surface area contributed by atoms with Gasteiger partial charge in [0.25, 0.3) is 5.91 Å². The highest BCUT2D eigenvalue weighted by Gasteiger charge is 2.35. The molecule has 2 aromatic rings. The second-order valence-electron chi connectivity index (χ2n) is 6.89. The molecule has 0 bridgehead atoms. The molecule has 1 aromatic carbocycles. The number of nitrogens with zero attached hydrogens (tertiary/aromatic N) is 2. The molecule has 2 aliphatic heterocycles. The number of likely N-dealkylation sites (tertiary alicyclic amines) is 1. The minimum absolute atomic E-state index is 0.146. The number of aryl methyl sites for hydroxylation is 2. The summed E-state index contributed by atoms with van der Waals surface area (Å²) in [7, 11) is 0. The predicted octanol–water partition coefficient (Wildman–Crippen LogP) is 2.12. The third-order valence-corrected chi connectivity index (χ3v) is 5.36. The Morgan fingerprint density at radius 2 is 2.08 bits per heavy atom. The first kappa shape index (κ1) is 16.8. The minimum atomic E-state index is -0.601. The van der Waals surface area contributed by atoms with Crippen molar-refractivity contribution in [1.82, 2.24) is 9.47 Å². The van der Waals surface area contributed by atoms with Gasteiger partial charge in [-0.3, -0.25) is 9.59 Å². The summed E-state index contributed by atoms with van der Waals surface area (Å²) >= 11 is 0. The van der Waals surface area contributed by atoms with Crippen LogP contribution in [0.4, 0.5) is 0 Å². The molecule has 0 aliphatic carbocycles. The van der Waals surface area contributed by atoms with Crippen LogP contribution in [0.5, 0.6) is 0 Å². The number of piperidine rings is 1. The molecule has 1 fully saturated rings. The van der Waals surface area contributed by atoms with Crippen molar-refractivity contribution < 1.29 is 14.3 Å². The van der Waals surface area contributed by atoms with Gasteiger partial charge in [0, 0.05) is 24.7 Å². The molecule has 1 saturated heterocycles. The maximum absolute atomic E-state index is 13.2. The lowest BCUT2D eigenvalue weighted by molar-refractivity contribution is -0.149. The number of carbonyl (C=O) groups excluding carboxylic acids is 2. The second kappa shape index (κ2) is 6.59. The first-order valence-electron chi connectivity index (χ1n) is 9.24. The molecule has 1 atom stereocenters. The quantitative estimate of drug-likeness (QED) is 0.792. The van der Waals surface area contributed by atoms with Crippen LogP contribution in [0.15, 0.2) is 29.2 Å². The topological polar surface area (TPSA) is 68.6 Å². The second-order valence-corrected chi connectivity index (χ2v) is 6.89. The van der Waals surface area contributed by atoms with Gasteiger partial charge in [0.05, 0.1) is 12.1 Å². The fourth-order valence-electron chi connectivity index (χ4n) is 4.12. The van der Waals surface area contributed by atoms with Crippen LogP contribution < -0.4 is 5.43 Å². The molecule has 6 heteroatoms. The number of carbonyl (C=O) groups is 2. The van der Waals surface area contributed by atoms with Crippen LogP contribution in [0.1, 0.15) is 42.1 Å². The van der Waals surface area contributed by atoms with Crippen LogP contribution in [0.2, 0.25) is 0 Å². The van der Waals surface area contributed by atoms with E-state index in [2.05, 4.69) is 0 Å². The number of hydrogen-bond acceptors (Lipinski definition) is 4. The summed E-state index contributed by atoms with van der Waals surface area (Å²) in [6.07, 6.45) is 4.81. The molecule has 0 unspecified atom stereocenters. The fraction of sp³-hybridized carbons (Fsp3) is 0.450. The maximum atomic E-state index is 13.2. The molecule has 26 heavy (non-hydrogen) atoms. The van der Waals surface area contributed by atoms with E-state index in [-0.39, 0.29) is 29.5 Å². The van der Waals surface area contributed by atoms with Gasteiger partial charge in [0.15, 0.2) is 0 Å². The number of pyridine rings is 1. The lowest BCUT2D eigenvalue weighted by Gasteiger charge is -2.34. The summed E-state index contributed by atoms with van der Waals surface area (Å²) < 4.78 is 7.12. The summed E-state index contributed by atoms with van der Waals surface area (Å²) in [6.45, 7) is 3.27. The van der Waals surface area contributed by atoms with E-state index in [9.17, 15) is 14.4 Å². The number of amides is 1. The Bertz CT molecular complexity index is 947. The molecule has 4 rings (SSSR count). The molecule has 0 radical (unpaired) electrons. The number of ether oxygens (including phenoxy) is 1. The molecule has 0 saturated carbocycles. The summed E-state index contributed by atoms with van der Waals surface area (Å²) in [5, 5.41) is 0.579. The van der Waals surface area contributed by atoms with E-state index in [1.54, 1.807) is 19.2 Å². The molecule has 136 valence electrons. The summed E-state index contributed by atoms with van der Waals surface area (Å²) in [5.74, 6) is -0.746. The number of para-hydroxylation sites is 1. The van der Waals surface area contributed by atoms with E-state index >= 15 is 0 Å². The fourth-order valence-corrected chi connectivity index (χ4v) is 4.12. The van der Waals surface area contributed by atoms with Gasteiger partial charge < -0.3 is 14.2 Å². The predicted molar refractivity (Wildman–Crippen MR) is 97.2 cm³/mol. The van der Waals surface area contributed by atoms with Crippen LogP contribution in [-0.4, -0.2) is 40.5 Å². The average Bonchev–Trinajstić information content (AvgIpc) is 3.08. The van der Waals surface area contributed by atoms with E-state index in [0.717, 1.165) is 36.9 Å². The standard InChI is InChI=1S/C20H22N2O4/c1-2-26-20(25)16-8-3-4-10-22(16)19(24)15-12-21-11-9-13-6-5-7-14(17(13)21)18(15)23/h5-7,12,16H,2-4,8-11H2,1H3/t16-/m0/s1. The van der Waals surface area contributed by atoms with Gasteiger partial charge in [-0.15, -0.1) is 0 Å². The Balaban J connectivity index is 1.76. The lowest BCUT2D eigenvalue weighted by atomic mass is 10.0. The van der Waals surface area contributed by atoms with Crippen LogP contribution in [-0.2, 0) is 22.5 Å². The lowest BCUT2D eigenvalue weighted by Crippen LogP contribution is -2.49. The molecular formula is C20H22N2O4. The Labute approximate surface area is 151 Å². The third kappa shape index (κ3) is 2.60. The third-order valence-electron chi connectivity index (χ3n) is 5.36. The van der Waals surface area contributed by atoms with E-state index in [1.807, 2.05) is 16.7 Å². The Kier molecular flexibility index (Phi) is 4.26. The smallest absolute Gasteiger partial charge is 0.328 e. The zero-order chi connectivity index (χ0) is 18.3. The van der Waals surface area contributed by atoms with E-state index in [0.29, 0.717) is 18.4 Å². The monoisotopic (exact) mass is 354 g/mol. The van der Waals surface area contributed by atoms with Crippen molar-refractivity contribution in [2.75, 3.05) is 13.2 Å². The van der Waals surface area contributed by atoms with Crippen LogP contribution in [0.3, 0.4) is 0 Å². The summed E-state index contributed by atoms with van der Waals surface area (Å²) in [6, 6.07) is 5.06. The number of rotatable bonds is 3. The summed E-state index contributed by atoms with van der Waals surface area (Å²) in [4.78, 5) is 39.9. The number of aromatic nitrogens is 1. The minimum Gasteiger partial charge on any atom is -0.464 e. The first-order chi connectivity index (χ1) is 12.6. The van der Waals surface area contributed by atoms with Gasteiger partial charge >= 0.3 is 5.97 Å². The van der Waals surface area contributed by atoms with Gasteiger partial charge in [0.2, 0.25) is 5.43 Å². The van der Waals surface area contributed by atoms with Crippen molar-refractivity contribution in [2.45, 2.75) is 45.2 Å². The van der Waals surface area contributed by atoms with Crippen molar-refractivity contribution >= 4 is 22.8 Å². The zero-order valence-electron chi connectivity index (χ0n) is 14.9. The number of hydrogen-bond donors (Lipinski definition) is 0. The van der Waals surface area contributed by atoms with Crippen LogP contribution in [0, 0.1) is 0 Å². The average molecular weight is 354 g/mol. The van der Waals surface area contributed by atoms with Crippen molar-refractivity contribution in [3.63, 3.8) is 0 Å². The van der Waals surface area contributed by atoms with E-state index < -0.39 is 6.04 Å². The Morgan fingerprint density at radius 1 is 1.23 bits per heavy atom. The van der Waals surface area contributed by atoms with Gasteiger partial charge in [-0.1, -0.05) is 12.1 Å². The molecule has 6 nitrogen and oxygen atoms in total. The van der Waals surface area contributed by atoms with Gasteiger partial charge in [-0.05, 0) is 44.2 Å². The molecule has 0 N–H and O–H groups in total. The van der Waals surface area contributed by atoms with Crippen LogP contribution >= 0.6 is 0 Å². The zero-order valence-corrected chi connectivity index (χ0v) is 14.9. The Morgan fingerprint density at radius 3 is 2.88 bits per heavy atom. The molecule has 1 aromatic heterocycles. The number of esters is 1. The SMILES string of the molecule is CCOC(=O)[C@@H]1CCCCN1C(=O)c1cn2c3c(cccc3c1=O)CC2. The van der Waals surface area contributed by atoms with E-state index in [1.165, 1.54) is 4.90 Å². The molecule has 1 amide bonds. The van der Waals surface area contributed by atoms with Gasteiger partial charge in [-0.2, -0.15) is 0 Å².